The van der Waals surface area contributed by atoms with Crippen molar-refractivity contribution >= 4 is 0 Å². The second-order valence-corrected chi connectivity index (χ2v) is 5.62. The fourth-order valence-electron chi connectivity index (χ4n) is 2.37. The van der Waals surface area contributed by atoms with Gasteiger partial charge in [0, 0.05) is 6.42 Å². The molecule has 2 heteroatoms. The molecule has 0 fully saturated rings. The number of aryl methyl sites for hydroxylation is 2. The van der Waals surface area contributed by atoms with E-state index in [1.165, 1.54) is 0 Å². The van der Waals surface area contributed by atoms with Crippen LogP contribution in [0.1, 0.15) is 31.4 Å². The van der Waals surface area contributed by atoms with Crippen molar-refractivity contribution in [2.45, 2.75) is 46.3 Å². The fraction of sp³-hybridized carbons (Fsp3) is 0.368. The summed E-state index contributed by atoms with van der Waals surface area (Å²) in [7, 11) is 0. The van der Waals surface area contributed by atoms with E-state index >= 15 is 0 Å². The van der Waals surface area contributed by atoms with Crippen LogP contribution < -0.4 is 9.47 Å². The first-order valence-corrected chi connectivity index (χ1v) is 7.51. The van der Waals surface area contributed by atoms with Crippen LogP contribution in [0.3, 0.4) is 0 Å². The Bertz CT molecular complexity index is 526. The van der Waals surface area contributed by atoms with Crippen molar-refractivity contribution in [3.8, 4) is 11.5 Å². The average Bonchev–Trinajstić information content (AvgIpc) is 2.44. The van der Waals surface area contributed by atoms with Crippen LogP contribution in [0.2, 0.25) is 0 Å². The van der Waals surface area contributed by atoms with Crippen LogP contribution in [0, 0.1) is 13.8 Å². The van der Waals surface area contributed by atoms with Gasteiger partial charge in [0.25, 0.3) is 0 Å². The molecule has 0 N–H and O–H groups in total. The van der Waals surface area contributed by atoms with E-state index in [0.29, 0.717) is 0 Å². The van der Waals surface area contributed by atoms with Gasteiger partial charge in [0.05, 0.1) is 12.2 Å². The largest absolute Gasteiger partial charge is 0.490 e. The lowest BCUT2D eigenvalue weighted by atomic mass is 10.1. The van der Waals surface area contributed by atoms with E-state index in [9.17, 15) is 0 Å². The third kappa shape index (κ3) is 4.52. The van der Waals surface area contributed by atoms with Gasteiger partial charge in [-0.3, -0.25) is 0 Å². The molecular formula is C19H24O2. The minimum atomic E-state index is 0.116. The molecule has 112 valence electrons. The predicted octanol–water partition coefficient (Wildman–Crippen LogP) is 4.93. The number of ether oxygens (including phenoxy) is 2. The van der Waals surface area contributed by atoms with Crippen molar-refractivity contribution < 1.29 is 9.47 Å². The maximum atomic E-state index is 6.00. The monoisotopic (exact) mass is 284 g/mol. The minimum absolute atomic E-state index is 0.116. The Kier molecular flexibility index (Phi) is 5.26. The van der Waals surface area contributed by atoms with E-state index < -0.39 is 0 Å². The van der Waals surface area contributed by atoms with Crippen molar-refractivity contribution in [1.82, 2.24) is 0 Å². The van der Waals surface area contributed by atoms with Gasteiger partial charge in [-0.15, -0.1) is 0 Å². The van der Waals surface area contributed by atoms with E-state index in [-0.39, 0.29) is 12.2 Å². The number of para-hydroxylation sites is 2. The van der Waals surface area contributed by atoms with Crippen LogP contribution >= 0.6 is 0 Å². The van der Waals surface area contributed by atoms with Crippen molar-refractivity contribution in [3.05, 3.63) is 59.7 Å². The molecule has 0 saturated carbocycles. The lowest BCUT2D eigenvalue weighted by molar-refractivity contribution is 0.130. The Labute approximate surface area is 127 Å². The molecular weight excluding hydrogens is 260 g/mol. The van der Waals surface area contributed by atoms with Crippen molar-refractivity contribution in [2.75, 3.05) is 0 Å². The van der Waals surface area contributed by atoms with Gasteiger partial charge in [0.1, 0.15) is 11.5 Å². The Hall–Kier alpha value is -1.96. The summed E-state index contributed by atoms with van der Waals surface area (Å²) in [5, 5.41) is 0. The highest BCUT2D eigenvalue weighted by atomic mass is 16.5. The summed E-state index contributed by atoms with van der Waals surface area (Å²) >= 11 is 0. The van der Waals surface area contributed by atoms with E-state index in [1.54, 1.807) is 0 Å². The van der Waals surface area contributed by atoms with Gasteiger partial charge in [0.15, 0.2) is 0 Å². The van der Waals surface area contributed by atoms with Gasteiger partial charge >= 0.3 is 0 Å². The molecule has 0 unspecified atom stereocenters. The molecule has 0 amide bonds. The second kappa shape index (κ2) is 7.16. The summed E-state index contributed by atoms with van der Waals surface area (Å²) < 4.78 is 12.0. The summed E-state index contributed by atoms with van der Waals surface area (Å²) in [6.45, 7) is 8.30. The van der Waals surface area contributed by atoms with Gasteiger partial charge in [-0.1, -0.05) is 36.4 Å². The maximum Gasteiger partial charge on any atom is 0.122 e. The fourth-order valence-corrected chi connectivity index (χ4v) is 2.37. The topological polar surface area (TPSA) is 18.5 Å². The van der Waals surface area contributed by atoms with Crippen LogP contribution in [0.4, 0.5) is 0 Å². The summed E-state index contributed by atoms with van der Waals surface area (Å²) in [5.41, 5.74) is 2.33. The number of rotatable bonds is 6. The Morgan fingerprint density at radius 3 is 1.48 bits per heavy atom. The molecule has 0 radical (unpaired) electrons. The minimum Gasteiger partial charge on any atom is -0.490 e. The third-order valence-electron chi connectivity index (χ3n) is 3.51. The first-order valence-electron chi connectivity index (χ1n) is 7.51. The first kappa shape index (κ1) is 15.4. The maximum absolute atomic E-state index is 6.00. The highest BCUT2D eigenvalue weighted by Gasteiger charge is 2.13. The molecule has 2 nitrogen and oxygen atoms in total. The van der Waals surface area contributed by atoms with Gasteiger partial charge in [-0.05, 0) is 51.0 Å². The Morgan fingerprint density at radius 2 is 1.10 bits per heavy atom. The molecule has 0 aliphatic rings. The Balaban J connectivity index is 1.89. The molecule has 21 heavy (non-hydrogen) atoms. The molecule has 2 atom stereocenters. The predicted molar refractivity (Wildman–Crippen MR) is 87.2 cm³/mol. The molecule has 0 aliphatic heterocycles. The zero-order chi connectivity index (χ0) is 15.2. The van der Waals surface area contributed by atoms with Crippen LogP contribution in [0.15, 0.2) is 48.5 Å². The molecule has 2 rings (SSSR count). The number of hydrogen-bond acceptors (Lipinski definition) is 2. The van der Waals surface area contributed by atoms with Gasteiger partial charge in [-0.25, -0.2) is 0 Å². The van der Waals surface area contributed by atoms with E-state index in [1.807, 2.05) is 36.4 Å². The highest BCUT2D eigenvalue weighted by Crippen LogP contribution is 2.22. The second-order valence-electron chi connectivity index (χ2n) is 5.62. The summed E-state index contributed by atoms with van der Waals surface area (Å²) in [5.74, 6) is 1.90. The molecule has 0 aliphatic carbocycles. The van der Waals surface area contributed by atoms with E-state index in [0.717, 1.165) is 29.0 Å². The van der Waals surface area contributed by atoms with Crippen LogP contribution in [-0.4, -0.2) is 12.2 Å². The third-order valence-corrected chi connectivity index (χ3v) is 3.51. The van der Waals surface area contributed by atoms with Gasteiger partial charge in [0.2, 0.25) is 0 Å². The molecule has 0 aromatic heterocycles. The number of hydrogen-bond donors (Lipinski definition) is 0. The normalized spacial score (nSPS) is 13.5. The standard InChI is InChI=1S/C19H24O2/c1-14-9-5-7-11-18(14)20-16(3)13-17(4)21-19-12-8-6-10-15(19)2/h5-12,16-17H,13H2,1-4H3/t16-,17-/m1/s1. The zero-order valence-corrected chi connectivity index (χ0v) is 13.3. The van der Waals surface area contributed by atoms with Crippen LogP contribution in [0.5, 0.6) is 11.5 Å². The highest BCUT2D eigenvalue weighted by molar-refractivity contribution is 5.32. The quantitative estimate of drug-likeness (QED) is 0.749. The lowest BCUT2D eigenvalue weighted by Crippen LogP contribution is -2.23. The smallest absolute Gasteiger partial charge is 0.122 e. The molecule has 0 bridgehead atoms. The van der Waals surface area contributed by atoms with Gasteiger partial charge in [-0.2, -0.15) is 0 Å². The lowest BCUT2D eigenvalue weighted by Gasteiger charge is -2.21. The van der Waals surface area contributed by atoms with E-state index in [4.69, 9.17) is 9.47 Å². The number of benzene rings is 2. The Morgan fingerprint density at radius 1 is 0.714 bits per heavy atom. The zero-order valence-electron chi connectivity index (χ0n) is 13.3. The molecule has 0 heterocycles. The SMILES string of the molecule is Cc1ccccc1O[C@H](C)C[C@@H](C)Oc1ccccc1C. The van der Waals surface area contributed by atoms with Crippen molar-refractivity contribution in [2.24, 2.45) is 0 Å². The molecule has 2 aromatic carbocycles. The van der Waals surface area contributed by atoms with Gasteiger partial charge < -0.3 is 9.47 Å². The first-order chi connectivity index (χ1) is 10.1. The van der Waals surface area contributed by atoms with Crippen LogP contribution in [-0.2, 0) is 0 Å². The molecule has 0 saturated heterocycles. The van der Waals surface area contributed by atoms with E-state index in [2.05, 4.69) is 39.8 Å². The average molecular weight is 284 g/mol. The summed E-state index contributed by atoms with van der Waals surface area (Å²) in [6, 6.07) is 16.2. The van der Waals surface area contributed by atoms with Crippen LogP contribution in [0.25, 0.3) is 0 Å². The molecule has 0 spiro atoms. The van der Waals surface area contributed by atoms with Crippen molar-refractivity contribution in [1.29, 1.82) is 0 Å². The summed E-state index contributed by atoms with van der Waals surface area (Å²) in [4.78, 5) is 0. The van der Waals surface area contributed by atoms with Crippen molar-refractivity contribution in [3.63, 3.8) is 0 Å². The molecule has 2 aromatic rings. The summed E-state index contributed by atoms with van der Waals surface area (Å²) in [6.07, 6.45) is 1.08.